The molecule has 2 aromatic carbocycles. The van der Waals surface area contributed by atoms with Crippen LogP contribution in [0, 0.1) is 5.92 Å². The van der Waals surface area contributed by atoms with E-state index in [9.17, 15) is 44.3 Å². The third-order valence-corrected chi connectivity index (χ3v) is 4.93. The van der Waals surface area contributed by atoms with Gasteiger partial charge in [-0.2, -0.15) is 39.5 Å². The van der Waals surface area contributed by atoms with E-state index in [4.69, 9.17) is 0 Å². The number of halogens is 9. The Morgan fingerprint density at radius 1 is 0.758 bits per heavy atom. The van der Waals surface area contributed by atoms with E-state index in [0.29, 0.717) is 5.56 Å². The Bertz CT molecular complexity index is 935. The summed E-state index contributed by atoms with van der Waals surface area (Å²) in [6, 6.07) is 15.4. The predicted molar refractivity (Wildman–Crippen MR) is 104 cm³/mol. The number of ketones is 1. The summed E-state index contributed by atoms with van der Waals surface area (Å²) in [5.74, 6) is -21.5. The molecular weight excluding hydrogens is 463 g/mol. The van der Waals surface area contributed by atoms with E-state index < -0.39 is 54.9 Å². The van der Waals surface area contributed by atoms with E-state index in [1.807, 2.05) is 0 Å². The maximum Gasteiger partial charge on any atom is 0.460 e. The number of hydrogen-bond acceptors (Lipinski definition) is 1. The van der Waals surface area contributed by atoms with Gasteiger partial charge in [0, 0.05) is 18.4 Å². The van der Waals surface area contributed by atoms with Crippen molar-refractivity contribution >= 4 is 11.9 Å². The van der Waals surface area contributed by atoms with Crippen molar-refractivity contribution < 1.29 is 44.3 Å². The lowest BCUT2D eigenvalue weighted by atomic mass is 9.88. The number of carbonyl (C=O) groups excluding carboxylic acids is 1. The number of benzene rings is 2. The molecule has 2 rings (SSSR count). The SMILES string of the molecule is O=C(CC[C@H](/C=C/c1ccccc1)CC(F)(F)C(F)(F)C(F)(F)C(F)(F)F)c1ccccc1. The van der Waals surface area contributed by atoms with Crippen LogP contribution in [0.1, 0.15) is 35.2 Å². The molecule has 0 N–H and O–H groups in total. The number of hydrogen-bond donors (Lipinski definition) is 0. The first kappa shape index (κ1) is 26.5. The summed E-state index contributed by atoms with van der Waals surface area (Å²) in [6.07, 6.45) is -7.53. The van der Waals surface area contributed by atoms with E-state index in [1.165, 1.54) is 42.5 Å². The number of carbonyl (C=O) groups is 1. The minimum Gasteiger partial charge on any atom is -0.294 e. The lowest BCUT2D eigenvalue weighted by molar-refractivity contribution is -0.397. The van der Waals surface area contributed by atoms with Gasteiger partial charge in [-0.3, -0.25) is 4.79 Å². The molecule has 0 aliphatic rings. The molecule has 33 heavy (non-hydrogen) atoms. The van der Waals surface area contributed by atoms with E-state index in [2.05, 4.69) is 0 Å². The first-order valence-corrected chi connectivity index (χ1v) is 9.71. The first-order valence-electron chi connectivity index (χ1n) is 9.71. The molecule has 180 valence electrons. The monoisotopic (exact) mass is 482 g/mol. The highest BCUT2D eigenvalue weighted by Crippen LogP contribution is 2.54. The Morgan fingerprint density at radius 2 is 1.27 bits per heavy atom. The third kappa shape index (κ3) is 6.17. The van der Waals surface area contributed by atoms with Gasteiger partial charge in [-0.05, 0) is 17.9 Å². The van der Waals surface area contributed by atoms with Gasteiger partial charge < -0.3 is 0 Å². The number of Topliss-reactive ketones (excluding diaryl/α,β-unsaturated/α-hetero) is 1. The molecule has 1 atom stereocenters. The Balaban J connectivity index is 2.28. The highest BCUT2D eigenvalue weighted by Gasteiger charge is 2.81. The van der Waals surface area contributed by atoms with Gasteiger partial charge in [0.25, 0.3) is 0 Å². The van der Waals surface area contributed by atoms with Gasteiger partial charge in [-0.15, -0.1) is 0 Å². The Kier molecular flexibility index (Phi) is 8.03. The number of alkyl halides is 9. The standard InChI is InChI=1S/C23H19F9O/c24-20(25,21(26,27)22(28,29)23(30,31)32)15-17(12-11-16-7-3-1-4-8-16)13-14-19(33)18-9-5-2-6-10-18/h1-12,17H,13-15H2/b12-11+/t17-/m0/s1. The summed E-state index contributed by atoms with van der Waals surface area (Å²) >= 11 is 0. The fraction of sp³-hybridized carbons (Fsp3) is 0.348. The molecule has 0 amide bonds. The first-order chi connectivity index (χ1) is 15.2. The summed E-state index contributed by atoms with van der Waals surface area (Å²) in [7, 11) is 0. The summed E-state index contributed by atoms with van der Waals surface area (Å²) < 4.78 is 119. The van der Waals surface area contributed by atoms with E-state index in [0.717, 1.165) is 6.08 Å². The van der Waals surface area contributed by atoms with E-state index >= 15 is 0 Å². The number of allylic oxidation sites excluding steroid dienone is 1. The molecule has 0 aliphatic carbocycles. The van der Waals surface area contributed by atoms with Gasteiger partial charge in [0.1, 0.15) is 0 Å². The van der Waals surface area contributed by atoms with Crippen molar-refractivity contribution in [1.29, 1.82) is 0 Å². The zero-order chi connectivity index (χ0) is 24.9. The molecule has 1 nitrogen and oxygen atoms in total. The van der Waals surface area contributed by atoms with Gasteiger partial charge >= 0.3 is 23.9 Å². The van der Waals surface area contributed by atoms with Crippen molar-refractivity contribution in [3.8, 4) is 0 Å². The quantitative estimate of drug-likeness (QED) is 0.249. The van der Waals surface area contributed by atoms with Crippen LogP contribution in [0.3, 0.4) is 0 Å². The molecule has 2 aromatic rings. The molecule has 0 aromatic heterocycles. The fourth-order valence-corrected chi connectivity index (χ4v) is 3.03. The summed E-state index contributed by atoms with van der Waals surface area (Å²) in [5.41, 5.74) is 0.663. The van der Waals surface area contributed by atoms with Gasteiger partial charge in [-0.25, -0.2) is 0 Å². The molecule has 10 heteroatoms. The topological polar surface area (TPSA) is 17.1 Å². The summed E-state index contributed by atoms with van der Waals surface area (Å²) in [5, 5.41) is 0. The van der Waals surface area contributed by atoms with Crippen molar-refractivity contribution in [2.75, 3.05) is 0 Å². The molecule has 0 saturated heterocycles. The molecule has 0 radical (unpaired) electrons. The van der Waals surface area contributed by atoms with Crippen LogP contribution < -0.4 is 0 Å². The Hall–Kier alpha value is -2.78. The largest absolute Gasteiger partial charge is 0.460 e. The van der Waals surface area contributed by atoms with Gasteiger partial charge in [-0.1, -0.05) is 72.8 Å². The minimum absolute atomic E-state index is 0.212. The molecule has 0 heterocycles. The lowest BCUT2D eigenvalue weighted by Crippen LogP contribution is -2.61. The van der Waals surface area contributed by atoms with Crippen molar-refractivity contribution in [2.24, 2.45) is 5.92 Å². The van der Waals surface area contributed by atoms with Gasteiger partial charge in [0.2, 0.25) is 0 Å². The maximum atomic E-state index is 14.2. The molecule has 0 fully saturated rings. The van der Waals surface area contributed by atoms with Crippen molar-refractivity contribution in [2.45, 2.75) is 43.2 Å². The summed E-state index contributed by atoms with van der Waals surface area (Å²) in [4.78, 5) is 12.2. The highest BCUT2D eigenvalue weighted by molar-refractivity contribution is 5.95. The second kappa shape index (κ2) is 10.0. The van der Waals surface area contributed by atoms with Crippen LogP contribution in [0.4, 0.5) is 39.5 Å². The molecule has 0 spiro atoms. The zero-order valence-electron chi connectivity index (χ0n) is 16.9. The average Bonchev–Trinajstić information content (AvgIpc) is 2.75. The average molecular weight is 482 g/mol. The Morgan fingerprint density at radius 3 is 1.79 bits per heavy atom. The zero-order valence-corrected chi connectivity index (χ0v) is 16.9. The van der Waals surface area contributed by atoms with Crippen LogP contribution in [0.15, 0.2) is 66.7 Å². The Labute approximate surface area is 183 Å². The molecule has 0 saturated carbocycles. The van der Waals surface area contributed by atoms with Crippen LogP contribution in [-0.4, -0.2) is 29.7 Å². The van der Waals surface area contributed by atoms with Crippen LogP contribution in [0.25, 0.3) is 6.08 Å². The molecule has 0 aliphatic heterocycles. The molecule has 0 unspecified atom stereocenters. The van der Waals surface area contributed by atoms with Crippen molar-refractivity contribution in [3.63, 3.8) is 0 Å². The molecular formula is C23H19F9O. The third-order valence-electron chi connectivity index (χ3n) is 4.93. The van der Waals surface area contributed by atoms with Crippen LogP contribution >= 0.6 is 0 Å². The highest BCUT2D eigenvalue weighted by atomic mass is 19.4. The molecule has 0 bridgehead atoms. The minimum atomic E-state index is -6.95. The van der Waals surface area contributed by atoms with Gasteiger partial charge in [0.05, 0.1) is 0 Å². The van der Waals surface area contributed by atoms with Crippen LogP contribution in [0.2, 0.25) is 0 Å². The van der Waals surface area contributed by atoms with Gasteiger partial charge in [0.15, 0.2) is 5.78 Å². The normalized spacial score (nSPS) is 14.5. The van der Waals surface area contributed by atoms with Crippen molar-refractivity contribution in [1.82, 2.24) is 0 Å². The van der Waals surface area contributed by atoms with Crippen LogP contribution in [-0.2, 0) is 0 Å². The smallest absolute Gasteiger partial charge is 0.294 e. The second-order valence-corrected chi connectivity index (χ2v) is 7.41. The van der Waals surface area contributed by atoms with Crippen LogP contribution in [0.5, 0.6) is 0 Å². The predicted octanol–water partition coefficient (Wildman–Crippen LogP) is 7.84. The van der Waals surface area contributed by atoms with E-state index in [1.54, 1.807) is 24.3 Å². The van der Waals surface area contributed by atoms with E-state index in [-0.39, 0.29) is 5.56 Å². The lowest BCUT2D eigenvalue weighted by Gasteiger charge is -2.35. The maximum absolute atomic E-state index is 14.2. The van der Waals surface area contributed by atoms with Crippen molar-refractivity contribution in [3.05, 3.63) is 77.9 Å². The number of rotatable bonds is 10. The fourth-order valence-electron chi connectivity index (χ4n) is 3.03. The summed E-state index contributed by atoms with van der Waals surface area (Å²) in [6.45, 7) is 0. The second-order valence-electron chi connectivity index (χ2n) is 7.41.